The molecule has 9 heteroatoms. The van der Waals surface area contributed by atoms with Gasteiger partial charge in [-0.1, -0.05) is 62.8 Å². The maximum absolute atomic E-state index is 12.0. The minimum atomic E-state index is -0.459. The molecule has 5 rings (SSSR count). The van der Waals surface area contributed by atoms with Crippen molar-refractivity contribution in [3.63, 3.8) is 0 Å². The number of thiazole rings is 1. The second-order valence-corrected chi connectivity index (χ2v) is 10.2. The van der Waals surface area contributed by atoms with Crippen molar-refractivity contribution in [2.24, 2.45) is 17.6 Å². The zero-order chi connectivity index (χ0) is 26.7. The molecule has 4 N–H and O–H groups in total. The summed E-state index contributed by atoms with van der Waals surface area (Å²) in [5.74, 6) is 1.55. The molecule has 1 saturated heterocycles. The number of fused-ring (bicyclic) bond motifs is 1. The highest BCUT2D eigenvalue weighted by Crippen LogP contribution is 2.36. The second kappa shape index (κ2) is 14.7. The number of nitrogens with one attached hydrogen (secondary N) is 2. The molecule has 1 aliphatic carbocycles. The predicted octanol–water partition coefficient (Wildman–Crippen LogP) is 5.51. The Kier molecular flexibility index (Phi) is 12.0. The summed E-state index contributed by atoms with van der Waals surface area (Å²) in [7, 11) is 0. The van der Waals surface area contributed by atoms with E-state index in [1.54, 1.807) is 29.2 Å². The third kappa shape index (κ3) is 9.32. The number of aromatic nitrogens is 1. The maximum Gasteiger partial charge on any atom is 0.305 e. The summed E-state index contributed by atoms with van der Waals surface area (Å²) in [5.41, 5.74) is 7.02. The van der Waals surface area contributed by atoms with Crippen molar-refractivity contribution in [2.45, 2.75) is 53.0 Å². The summed E-state index contributed by atoms with van der Waals surface area (Å²) in [6.07, 6.45) is 2.95. The number of likely N-dealkylation sites (tertiary alicyclic amines) is 1. The Morgan fingerprint density at radius 2 is 1.72 bits per heavy atom. The fourth-order valence-electron chi connectivity index (χ4n) is 3.61. The number of H-pyrrole nitrogens is 1. The van der Waals surface area contributed by atoms with Crippen molar-refractivity contribution in [3.8, 4) is 0 Å². The van der Waals surface area contributed by atoms with E-state index in [0.29, 0.717) is 18.0 Å². The number of hydrogen-bond acceptors (Lipinski definition) is 5. The van der Waals surface area contributed by atoms with E-state index in [2.05, 4.69) is 24.1 Å². The molecule has 196 valence electrons. The molecule has 1 aromatic heterocycles. The average Bonchev–Trinajstić information content (AvgIpc) is 3.25. The number of anilines is 1. The molecule has 1 aliphatic heterocycles. The van der Waals surface area contributed by atoms with Crippen molar-refractivity contribution in [3.05, 3.63) is 63.2 Å². The first-order chi connectivity index (χ1) is 17.2. The van der Waals surface area contributed by atoms with Gasteiger partial charge in [0.15, 0.2) is 0 Å². The summed E-state index contributed by atoms with van der Waals surface area (Å²) in [4.78, 5) is 38.3. The van der Waals surface area contributed by atoms with E-state index in [4.69, 9.17) is 17.3 Å². The first kappa shape index (κ1) is 29.4. The molecule has 36 heavy (non-hydrogen) atoms. The van der Waals surface area contributed by atoms with Crippen LogP contribution in [0.1, 0.15) is 47.0 Å². The SMILES string of the molecule is CC.CC1CC1C.NC(=O)C1CCCN1C(=O)CNc1ccc(Cl)cc1.O=c1[nH]c2ccccc2s1. The molecule has 0 spiro atoms. The Balaban J connectivity index is 0.000000221. The summed E-state index contributed by atoms with van der Waals surface area (Å²) < 4.78 is 1.02. The Bertz CT molecular complexity index is 1120. The van der Waals surface area contributed by atoms with E-state index >= 15 is 0 Å². The second-order valence-electron chi connectivity index (χ2n) is 8.71. The van der Waals surface area contributed by atoms with Gasteiger partial charge in [-0.15, -0.1) is 0 Å². The monoisotopic (exact) mass is 532 g/mol. The van der Waals surface area contributed by atoms with Crippen LogP contribution in [-0.4, -0.2) is 40.8 Å². The summed E-state index contributed by atoms with van der Waals surface area (Å²) in [6.45, 7) is 9.33. The van der Waals surface area contributed by atoms with Gasteiger partial charge >= 0.3 is 4.87 Å². The van der Waals surface area contributed by atoms with Gasteiger partial charge in [0.05, 0.1) is 16.8 Å². The lowest BCUT2D eigenvalue weighted by Gasteiger charge is -2.22. The smallest absolute Gasteiger partial charge is 0.305 e. The van der Waals surface area contributed by atoms with Gasteiger partial charge in [-0.25, -0.2) is 0 Å². The number of primary amides is 1. The van der Waals surface area contributed by atoms with Gasteiger partial charge in [0.25, 0.3) is 0 Å². The Morgan fingerprint density at radius 1 is 1.11 bits per heavy atom. The van der Waals surface area contributed by atoms with Gasteiger partial charge in [-0.2, -0.15) is 0 Å². The van der Waals surface area contributed by atoms with Crippen LogP contribution in [0.3, 0.4) is 0 Å². The number of hydrogen-bond donors (Lipinski definition) is 3. The van der Waals surface area contributed by atoms with Gasteiger partial charge in [0.2, 0.25) is 11.8 Å². The minimum Gasteiger partial charge on any atom is -0.376 e. The summed E-state index contributed by atoms with van der Waals surface area (Å²) in [5, 5.41) is 3.65. The third-order valence-corrected chi connectivity index (χ3v) is 7.14. The highest BCUT2D eigenvalue weighted by molar-refractivity contribution is 7.16. The predicted molar refractivity (Wildman–Crippen MR) is 151 cm³/mol. The topological polar surface area (TPSA) is 108 Å². The number of aromatic amines is 1. The zero-order valence-electron chi connectivity index (χ0n) is 21.4. The largest absolute Gasteiger partial charge is 0.376 e. The number of para-hydroxylation sites is 1. The van der Waals surface area contributed by atoms with Crippen LogP contribution in [0.15, 0.2) is 53.3 Å². The van der Waals surface area contributed by atoms with Gasteiger partial charge in [0.1, 0.15) is 6.04 Å². The lowest BCUT2D eigenvalue weighted by Crippen LogP contribution is -2.45. The lowest BCUT2D eigenvalue weighted by molar-refractivity contribution is -0.135. The molecular weight excluding hydrogens is 496 g/mol. The highest BCUT2D eigenvalue weighted by atomic mass is 35.5. The van der Waals surface area contributed by atoms with E-state index in [1.165, 1.54) is 17.8 Å². The van der Waals surface area contributed by atoms with E-state index in [9.17, 15) is 14.4 Å². The Hall–Kier alpha value is -2.84. The number of nitrogens with two attached hydrogens (primary N) is 1. The number of benzene rings is 2. The molecule has 1 saturated carbocycles. The number of carbonyl (C=O) groups excluding carboxylic acids is 2. The third-order valence-electron chi connectivity index (χ3n) is 6.03. The van der Waals surface area contributed by atoms with Crippen LogP contribution in [0.5, 0.6) is 0 Å². The van der Waals surface area contributed by atoms with Gasteiger partial charge in [-0.05, 0) is 67.5 Å². The van der Waals surface area contributed by atoms with E-state index in [-0.39, 0.29) is 17.3 Å². The number of carbonyl (C=O) groups is 2. The molecule has 3 atom stereocenters. The molecule has 2 fully saturated rings. The zero-order valence-corrected chi connectivity index (χ0v) is 23.0. The molecule has 2 aromatic carbocycles. The van der Waals surface area contributed by atoms with E-state index in [1.807, 2.05) is 38.1 Å². The van der Waals surface area contributed by atoms with Crippen LogP contribution in [0.25, 0.3) is 10.2 Å². The number of rotatable bonds is 4. The maximum atomic E-state index is 12.0. The fourth-order valence-corrected chi connectivity index (χ4v) is 4.47. The number of nitrogens with zero attached hydrogens (tertiary/aromatic N) is 1. The van der Waals surface area contributed by atoms with Crippen LogP contribution < -0.4 is 15.9 Å². The minimum absolute atomic E-state index is 0.0150. The van der Waals surface area contributed by atoms with E-state index < -0.39 is 11.9 Å². The number of halogens is 1. The molecule has 3 unspecified atom stereocenters. The normalized spacial score (nSPS) is 19.6. The molecule has 2 amide bonds. The van der Waals surface area contributed by atoms with Crippen LogP contribution >= 0.6 is 22.9 Å². The van der Waals surface area contributed by atoms with Crippen LogP contribution in [0.4, 0.5) is 5.69 Å². The van der Waals surface area contributed by atoms with Crippen LogP contribution in [0, 0.1) is 11.8 Å². The van der Waals surface area contributed by atoms with Crippen molar-refractivity contribution >= 4 is 50.7 Å². The highest BCUT2D eigenvalue weighted by Gasteiger charge is 2.32. The van der Waals surface area contributed by atoms with Crippen LogP contribution in [0.2, 0.25) is 5.02 Å². The molecule has 0 radical (unpaired) electrons. The molecule has 0 bridgehead atoms. The Labute approximate surface area is 222 Å². The molecule has 7 nitrogen and oxygen atoms in total. The average molecular weight is 533 g/mol. The number of amides is 2. The van der Waals surface area contributed by atoms with E-state index in [0.717, 1.165) is 34.2 Å². The first-order valence-electron chi connectivity index (χ1n) is 12.4. The Morgan fingerprint density at radius 3 is 2.28 bits per heavy atom. The van der Waals surface area contributed by atoms with Crippen molar-refractivity contribution in [1.82, 2.24) is 9.88 Å². The summed E-state index contributed by atoms with van der Waals surface area (Å²) >= 11 is 7.02. The fraction of sp³-hybridized carbons (Fsp3) is 0.444. The van der Waals surface area contributed by atoms with Crippen molar-refractivity contribution < 1.29 is 9.59 Å². The van der Waals surface area contributed by atoms with Gasteiger partial charge in [-0.3, -0.25) is 14.4 Å². The molecule has 3 aromatic rings. The molecule has 2 aliphatic rings. The van der Waals surface area contributed by atoms with Crippen molar-refractivity contribution in [1.29, 1.82) is 0 Å². The lowest BCUT2D eigenvalue weighted by atomic mass is 10.2. The quantitative estimate of drug-likeness (QED) is 0.412. The summed E-state index contributed by atoms with van der Waals surface area (Å²) in [6, 6.07) is 14.3. The van der Waals surface area contributed by atoms with Gasteiger partial charge < -0.3 is 20.9 Å². The first-order valence-corrected chi connectivity index (χ1v) is 13.6. The van der Waals surface area contributed by atoms with Crippen molar-refractivity contribution in [2.75, 3.05) is 18.4 Å². The molecular formula is C27H37ClN4O3S. The standard InChI is InChI=1S/C13H16ClN3O2.C7H5NOS.C5H10.C2H6/c14-9-3-5-10(6-4-9)16-8-12(18)17-7-1-2-11(17)13(15)19;9-7-8-5-3-1-2-4-6(5)10-7;1-4-3-5(4)2;1-2/h3-6,11,16H,1-2,7-8H2,(H2,15,19);1-4H,(H,8,9);4-5H,3H2,1-2H3;1-2H3. The molecule has 2 heterocycles. The van der Waals surface area contributed by atoms with Crippen LogP contribution in [-0.2, 0) is 9.59 Å². The van der Waals surface area contributed by atoms with Gasteiger partial charge in [0, 0.05) is 17.3 Å².